The predicted molar refractivity (Wildman–Crippen MR) is 80.8 cm³/mol. The van der Waals surface area contributed by atoms with E-state index in [2.05, 4.69) is 15.3 Å². The zero-order valence-electron chi connectivity index (χ0n) is 12.3. The third kappa shape index (κ3) is 3.42. The van der Waals surface area contributed by atoms with Crippen LogP contribution in [-0.4, -0.2) is 26.8 Å². The summed E-state index contributed by atoms with van der Waals surface area (Å²) in [5.41, 5.74) is 1.38. The maximum Gasteiger partial charge on any atom is 0.321 e. The number of nitrogens with one attached hydrogen (secondary N) is 1. The number of ether oxygens (including phenoxy) is 1. The largest absolute Gasteiger partial charge is 0.424 e. The number of hydrogen-bond acceptors (Lipinski definition) is 6. The van der Waals surface area contributed by atoms with Gasteiger partial charge in [-0.25, -0.2) is 9.97 Å². The Labute approximate surface area is 131 Å². The van der Waals surface area contributed by atoms with Crippen molar-refractivity contribution in [3.05, 3.63) is 52.3 Å². The van der Waals surface area contributed by atoms with Gasteiger partial charge in [-0.3, -0.25) is 14.9 Å². The van der Waals surface area contributed by atoms with Crippen LogP contribution < -0.4 is 10.1 Å². The number of aryl methyl sites for hydroxylation is 1. The van der Waals surface area contributed by atoms with Crippen LogP contribution in [0.2, 0.25) is 0 Å². The molecule has 2 unspecified atom stereocenters. The van der Waals surface area contributed by atoms with Crippen molar-refractivity contribution in [1.29, 1.82) is 0 Å². The molecule has 1 amide bonds. The highest BCUT2D eigenvalue weighted by atomic mass is 16.6. The minimum atomic E-state index is -0.756. The number of anilines is 1. The van der Waals surface area contributed by atoms with Crippen LogP contribution in [0.15, 0.2) is 36.7 Å². The monoisotopic (exact) mass is 314 g/mol. The lowest BCUT2D eigenvalue weighted by Gasteiger charge is -2.10. The topological polar surface area (TPSA) is 107 Å². The van der Waals surface area contributed by atoms with Crippen molar-refractivity contribution in [2.75, 3.05) is 5.32 Å². The summed E-state index contributed by atoms with van der Waals surface area (Å²) in [5, 5.41) is 13.3. The molecule has 8 nitrogen and oxygen atoms in total. The highest BCUT2D eigenvalue weighted by molar-refractivity contribution is 5.95. The number of amides is 1. The molecule has 0 aliphatic heterocycles. The molecular weight excluding hydrogens is 300 g/mol. The third-order valence-electron chi connectivity index (χ3n) is 3.57. The van der Waals surface area contributed by atoms with Gasteiger partial charge >= 0.3 is 6.01 Å². The van der Waals surface area contributed by atoms with Crippen LogP contribution in [0.3, 0.4) is 0 Å². The second kappa shape index (κ2) is 5.99. The second-order valence-electron chi connectivity index (χ2n) is 5.29. The van der Waals surface area contributed by atoms with Gasteiger partial charge in [0.05, 0.1) is 0 Å². The first-order valence-electron chi connectivity index (χ1n) is 7.04. The fourth-order valence-electron chi connectivity index (χ4n) is 2.21. The van der Waals surface area contributed by atoms with E-state index in [1.54, 1.807) is 36.7 Å². The Balaban J connectivity index is 1.66. The number of nitro groups is 1. The van der Waals surface area contributed by atoms with E-state index in [1.165, 1.54) is 0 Å². The molecule has 2 aromatic rings. The van der Waals surface area contributed by atoms with E-state index in [4.69, 9.17) is 4.74 Å². The number of hydrogen-bond donors (Lipinski definition) is 1. The van der Waals surface area contributed by atoms with E-state index in [9.17, 15) is 14.9 Å². The van der Waals surface area contributed by atoms with E-state index >= 15 is 0 Å². The van der Waals surface area contributed by atoms with Gasteiger partial charge in [-0.1, -0.05) is 0 Å². The smallest absolute Gasteiger partial charge is 0.321 e. The molecule has 0 bridgehead atoms. The van der Waals surface area contributed by atoms with Crippen LogP contribution in [0, 0.1) is 23.0 Å². The molecule has 23 heavy (non-hydrogen) atoms. The quantitative estimate of drug-likeness (QED) is 0.669. The minimum Gasteiger partial charge on any atom is -0.424 e. The Hall–Kier alpha value is -3.03. The number of rotatable bonds is 5. The van der Waals surface area contributed by atoms with Gasteiger partial charge in [0, 0.05) is 29.4 Å². The molecule has 1 fully saturated rings. The number of nitrogens with zero attached hydrogens (tertiary/aromatic N) is 3. The zero-order chi connectivity index (χ0) is 16.4. The lowest BCUT2D eigenvalue weighted by Crippen LogP contribution is -2.19. The normalized spacial score (nSPS) is 19.0. The molecule has 118 valence electrons. The fraction of sp³-hybridized carbons (Fsp3) is 0.267. The van der Waals surface area contributed by atoms with Gasteiger partial charge in [0.15, 0.2) is 0 Å². The molecular formula is C15H14N4O4. The van der Waals surface area contributed by atoms with Crippen molar-refractivity contribution in [3.63, 3.8) is 0 Å². The van der Waals surface area contributed by atoms with Crippen molar-refractivity contribution < 1.29 is 14.5 Å². The van der Waals surface area contributed by atoms with Crippen molar-refractivity contribution in [2.45, 2.75) is 19.4 Å². The molecule has 1 aliphatic carbocycles. The molecule has 3 rings (SSSR count). The first-order valence-corrected chi connectivity index (χ1v) is 7.04. The first-order chi connectivity index (χ1) is 11.0. The maximum atomic E-state index is 12.0. The summed E-state index contributed by atoms with van der Waals surface area (Å²) in [6.07, 6.45) is 3.45. The van der Waals surface area contributed by atoms with Crippen LogP contribution in [0.1, 0.15) is 12.0 Å². The molecule has 0 spiro atoms. The van der Waals surface area contributed by atoms with Crippen LogP contribution in [0.25, 0.3) is 0 Å². The summed E-state index contributed by atoms with van der Waals surface area (Å²) in [6.45, 7) is 1.81. The SMILES string of the molecule is Cc1cc(Oc2ncccn2)ccc1NC(=O)C1CC1[N+](=O)[O-]. The summed E-state index contributed by atoms with van der Waals surface area (Å²) < 4.78 is 5.50. The number of aromatic nitrogens is 2. The number of benzene rings is 1. The third-order valence-corrected chi connectivity index (χ3v) is 3.57. The Bertz CT molecular complexity index is 750. The predicted octanol–water partition coefficient (Wildman–Crippen LogP) is 2.18. The summed E-state index contributed by atoms with van der Waals surface area (Å²) >= 11 is 0. The Morgan fingerprint density at radius 1 is 1.39 bits per heavy atom. The minimum absolute atomic E-state index is 0.232. The fourth-order valence-corrected chi connectivity index (χ4v) is 2.21. The summed E-state index contributed by atoms with van der Waals surface area (Å²) in [5.74, 6) is -0.325. The van der Waals surface area contributed by atoms with Crippen LogP contribution in [0.5, 0.6) is 11.8 Å². The summed E-state index contributed by atoms with van der Waals surface area (Å²) in [4.78, 5) is 30.1. The molecule has 8 heteroatoms. The highest BCUT2D eigenvalue weighted by Gasteiger charge is 2.53. The molecule has 0 saturated heterocycles. The summed E-state index contributed by atoms with van der Waals surface area (Å²) in [7, 11) is 0. The highest BCUT2D eigenvalue weighted by Crippen LogP contribution is 2.34. The van der Waals surface area contributed by atoms with E-state index in [-0.39, 0.29) is 11.9 Å². The molecule has 1 saturated carbocycles. The van der Waals surface area contributed by atoms with Gasteiger partial charge in [-0.2, -0.15) is 0 Å². The Kier molecular flexibility index (Phi) is 3.88. The van der Waals surface area contributed by atoms with Gasteiger partial charge in [-0.15, -0.1) is 0 Å². The van der Waals surface area contributed by atoms with Crippen molar-refractivity contribution in [1.82, 2.24) is 9.97 Å². The van der Waals surface area contributed by atoms with Crippen molar-refractivity contribution in [3.8, 4) is 11.8 Å². The van der Waals surface area contributed by atoms with Gasteiger partial charge in [0.2, 0.25) is 11.9 Å². The van der Waals surface area contributed by atoms with Crippen LogP contribution >= 0.6 is 0 Å². The van der Waals surface area contributed by atoms with Crippen LogP contribution in [-0.2, 0) is 4.79 Å². The van der Waals surface area contributed by atoms with E-state index < -0.39 is 16.9 Å². The molecule has 1 aromatic heterocycles. The van der Waals surface area contributed by atoms with Crippen molar-refractivity contribution >= 4 is 11.6 Å². The molecule has 1 aliphatic rings. The Morgan fingerprint density at radius 2 is 2.13 bits per heavy atom. The lowest BCUT2D eigenvalue weighted by atomic mass is 10.2. The molecule has 1 heterocycles. The van der Waals surface area contributed by atoms with Crippen LogP contribution in [0.4, 0.5) is 5.69 Å². The van der Waals surface area contributed by atoms with Gasteiger partial charge < -0.3 is 10.1 Å². The van der Waals surface area contributed by atoms with Crippen molar-refractivity contribution in [2.24, 2.45) is 5.92 Å². The second-order valence-corrected chi connectivity index (χ2v) is 5.29. The number of carbonyl (C=O) groups excluding carboxylic acids is 1. The van der Waals surface area contributed by atoms with E-state index in [0.29, 0.717) is 17.9 Å². The number of carbonyl (C=O) groups is 1. The zero-order valence-corrected chi connectivity index (χ0v) is 12.3. The van der Waals surface area contributed by atoms with E-state index in [0.717, 1.165) is 5.56 Å². The molecule has 0 radical (unpaired) electrons. The van der Waals surface area contributed by atoms with Gasteiger partial charge in [0.25, 0.3) is 0 Å². The molecule has 1 N–H and O–H groups in total. The first kappa shape index (κ1) is 14.9. The van der Waals surface area contributed by atoms with E-state index in [1.807, 2.05) is 6.92 Å². The average molecular weight is 314 g/mol. The molecule has 1 aromatic carbocycles. The average Bonchev–Trinajstić information content (AvgIpc) is 3.32. The van der Waals surface area contributed by atoms with Gasteiger partial charge in [0.1, 0.15) is 11.7 Å². The van der Waals surface area contributed by atoms with Gasteiger partial charge in [-0.05, 0) is 36.8 Å². The standard InChI is InChI=1S/C15H14N4O4/c1-9-7-10(23-15-16-5-2-6-17-15)3-4-12(9)18-14(20)11-8-13(11)19(21)22/h2-7,11,13H,8H2,1H3,(H,18,20). The summed E-state index contributed by atoms with van der Waals surface area (Å²) in [6, 6.07) is 6.27. The maximum absolute atomic E-state index is 12.0. The lowest BCUT2D eigenvalue weighted by molar-refractivity contribution is -0.497. The molecule has 2 atom stereocenters. The Morgan fingerprint density at radius 3 is 2.74 bits per heavy atom.